The Morgan fingerprint density at radius 3 is 2.61 bits per heavy atom. The molecule has 0 saturated carbocycles. The van der Waals surface area contributed by atoms with E-state index in [1.54, 1.807) is 12.1 Å². The van der Waals surface area contributed by atoms with E-state index in [1.165, 1.54) is 12.0 Å². The van der Waals surface area contributed by atoms with Crippen LogP contribution in [0.4, 0.5) is 8.78 Å². The third-order valence-corrected chi connectivity index (χ3v) is 4.31. The zero-order valence-electron chi connectivity index (χ0n) is 10.5. The molecule has 1 saturated heterocycles. The Morgan fingerprint density at radius 1 is 1.11 bits per heavy atom. The van der Waals surface area contributed by atoms with Crippen LogP contribution >= 0.6 is 0 Å². The average molecular weight is 251 g/mol. The summed E-state index contributed by atoms with van der Waals surface area (Å²) in [5.74, 6) is -3.23. The highest BCUT2D eigenvalue weighted by molar-refractivity contribution is 5.36. The van der Waals surface area contributed by atoms with Crippen LogP contribution in [0, 0.1) is 5.92 Å². The van der Waals surface area contributed by atoms with Crippen LogP contribution in [0.2, 0.25) is 0 Å². The van der Waals surface area contributed by atoms with Gasteiger partial charge in [-0.25, -0.2) is 8.78 Å². The van der Waals surface area contributed by atoms with Gasteiger partial charge in [-0.15, -0.1) is 0 Å². The number of fused-ring (bicyclic) bond motifs is 1. The number of halogens is 2. The van der Waals surface area contributed by atoms with E-state index in [4.69, 9.17) is 0 Å². The van der Waals surface area contributed by atoms with E-state index in [0.29, 0.717) is 19.5 Å². The number of hydrogen-bond donors (Lipinski definition) is 1. The summed E-state index contributed by atoms with van der Waals surface area (Å²) in [6.07, 6.45) is 4.90. The van der Waals surface area contributed by atoms with Gasteiger partial charge < -0.3 is 5.32 Å². The molecule has 3 rings (SSSR count). The lowest BCUT2D eigenvalue weighted by atomic mass is 9.86. The van der Waals surface area contributed by atoms with E-state index in [9.17, 15) is 8.78 Å². The molecule has 2 aliphatic rings. The fourth-order valence-corrected chi connectivity index (χ4v) is 3.14. The van der Waals surface area contributed by atoms with Gasteiger partial charge in [0.25, 0.3) is 5.92 Å². The average Bonchev–Trinajstić information content (AvgIpc) is 2.92. The van der Waals surface area contributed by atoms with E-state index >= 15 is 0 Å². The Hall–Kier alpha value is -0.960. The Balaban J connectivity index is 1.91. The van der Waals surface area contributed by atoms with Crippen molar-refractivity contribution in [2.75, 3.05) is 13.1 Å². The van der Waals surface area contributed by atoms with Gasteiger partial charge in [0, 0.05) is 18.0 Å². The van der Waals surface area contributed by atoms with Crippen molar-refractivity contribution >= 4 is 0 Å². The van der Waals surface area contributed by atoms with E-state index in [2.05, 4.69) is 5.32 Å². The number of benzene rings is 1. The van der Waals surface area contributed by atoms with Gasteiger partial charge >= 0.3 is 0 Å². The van der Waals surface area contributed by atoms with Crippen molar-refractivity contribution in [2.45, 2.75) is 38.0 Å². The van der Waals surface area contributed by atoms with Crippen molar-refractivity contribution in [1.82, 2.24) is 5.32 Å². The lowest BCUT2D eigenvalue weighted by Crippen LogP contribution is -2.28. The smallest absolute Gasteiger partial charge is 0.277 e. The monoisotopic (exact) mass is 251 g/mol. The van der Waals surface area contributed by atoms with Crippen LogP contribution in [0.3, 0.4) is 0 Å². The maximum atomic E-state index is 14.4. The lowest BCUT2D eigenvalue weighted by molar-refractivity contribution is -0.0576. The van der Waals surface area contributed by atoms with E-state index in [0.717, 1.165) is 24.8 Å². The van der Waals surface area contributed by atoms with Gasteiger partial charge in [0.15, 0.2) is 0 Å². The van der Waals surface area contributed by atoms with Gasteiger partial charge in [0.05, 0.1) is 0 Å². The second-order valence-corrected chi connectivity index (χ2v) is 5.50. The molecule has 0 amide bonds. The molecular weight excluding hydrogens is 232 g/mol. The number of rotatable bonds is 2. The molecule has 1 atom stereocenters. The van der Waals surface area contributed by atoms with Gasteiger partial charge in [0.1, 0.15) is 0 Å². The first-order valence-corrected chi connectivity index (χ1v) is 6.89. The molecule has 0 radical (unpaired) electrons. The summed E-state index contributed by atoms with van der Waals surface area (Å²) in [5, 5.41) is 3.03. The predicted molar refractivity (Wildman–Crippen MR) is 68.0 cm³/mol. The van der Waals surface area contributed by atoms with E-state index in [-0.39, 0.29) is 5.56 Å². The van der Waals surface area contributed by atoms with Gasteiger partial charge in [0.2, 0.25) is 0 Å². The molecule has 1 fully saturated rings. The molecule has 1 nitrogen and oxygen atoms in total. The van der Waals surface area contributed by atoms with Gasteiger partial charge in [-0.05, 0) is 55.8 Å². The Morgan fingerprint density at radius 2 is 1.89 bits per heavy atom. The molecule has 1 aliphatic heterocycles. The first kappa shape index (κ1) is 12.1. The number of aryl methyl sites for hydroxylation is 2. The molecule has 98 valence electrons. The topological polar surface area (TPSA) is 12.0 Å². The highest BCUT2D eigenvalue weighted by Gasteiger charge is 2.42. The minimum atomic E-state index is -2.68. The fourth-order valence-electron chi connectivity index (χ4n) is 3.14. The molecule has 1 aromatic carbocycles. The van der Waals surface area contributed by atoms with Gasteiger partial charge in [-0.1, -0.05) is 12.1 Å². The fraction of sp³-hybridized carbons (Fsp3) is 0.600. The Kier molecular flexibility index (Phi) is 3.10. The van der Waals surface area contributed by atoms with Crippen molar-refractivity contribution < 1.29 is 8.78 Å². The van der Waals surface area contributed by atoms with Crippen LogP contribution in [0.15, 0.2) is 18.2 Å². The van der Waals surface area contributed by atoms with Crippen LogP contribution in [0.1, 0.15) is 36.0 Å². The molecule has 1 aromatic rings. The zero-order chi connectivity index (χ0) is 12.6. The standard InChI is InChI=1S/C15H19F2N/c16-15(17,14-7-8-18-10-14)13-6-5-11-3-1-2-4-12(11)9-13/h5-6,9,14,18H,1-4,7-8,10H2. The summed E-state index contributed by atoms with van der Waals surface area (Å²) in [4.78, 5) is 0. The SMILES string of the molecule is FC(F)(c1ccc2c(c1)CCCC2)C1CCNC1. The van der Waals surface area contributed by atoms with Crippen LogP contribution < -0.4 is 5.32 Å². The normalized spacial score (nSPS) is 24.0. The maximum Gasteiger partial charge on any atom is 0.277 e. The molecule has 1 heterocycles. The molecule has 1 unspecified atom stereocenters. The number of hydrogen-bond acceptors (Lipinski definition) is 1. The summed E-state index contributed by atoms with van der Waals surface area (Å²) in [6, 6.07) is 5.31. The Labute approximate surface area is 107 Å². The molecule has 1 aliphatic carbocycles. The molecular formula is C15H19F2N. The molecule has 3 heteroatoms. The summed E-state index contributed by atoms with van der Waals surface area (Å²) in [7, 11) is 0. The van der Waals surface area contributed by atoms with Crippen LogP contribution in [0.25, 0.3) is 0 Å². The lowest BCUT2D eigenvalue weighted by Gasteiger charge is -2.25. The molecule has 0 spiro atoms. The third-order valence-electron chi connectivity index (χ3n) is 4.31. The highest BCUT2D eigenvalue weighted by atomic mass is 19.3. The quantitative estimate of drug-likeness (QED) is 0.850. The largest absolute Gasteiger partial charge is 0.316 e. The summed E-state index contributed by atoms with van der Waals surface area (Å²) < 4.78 is 28.8. The summed E-state index contributed by atoms with van der Waals surface area (Å²) >= 11 is 0. The zero-order valence-corrected chi connectivity index (χ0v) is 10.5. The summed E-state index contributed by atoms with van der Waals surface area (Å²) in [5.41, 5.74) is 2.63. The number of alkyl halides is 2. The number of nitrogens with one attached hydrogen (secondary N) is 1. The first-order chi connectivity index (χ1) is 8.68. The molecule has 1 N–H and O–H groups in total. The van der Waals surface area contributed by atoms with Gasteiger partial charge in [-0.3, -0.25) is 0 Å². The van der Waals surface area contributed by atoms with Crippen LogP contribution in [0.5, 0.6) is 0 Å². The third kappa shape index (κ3) is 2.05. The van der Waals surface area contributed by atoms with Gasteiger partial charge in [-0.2, -0.15) is 0 Å². The molecule has 0 bridgehead atoms. The highest BCUT2D eigenvalue weighted by Crippen LogP contribution is 2.40. The van der Waals surface area contributed by atoms with Crippen molar-refractivity contribution in [1.29, 1.82) is 0 Å². The predicted octanol–water partition coefficient (Wildman–Crippen LogP) is 3.27. The van der Waals surface area contributed by atoms with Crippen LogP contribution in [-0.2, 0) is 18.8 Å². The first-order valence-electron chi connectivity index (χ1n) is 6.89. The van der Waals surface area contributed by atoms with E-state index in [1.807, 2.05) is 6.07 Å². The Bertz CT molecular complexity index is 436. The van der Waals surface area contributed by atoms with E-state index < -0.39 is 11.8 Å². The van der Waals surface area contributed by atoms with Crippen molar-refractivity contribution in [2.24, 2.45) is 5.92 Å². The van der Waals surface area contributed by atoms with Crippen molar-refractivity contribution in [3.05, 3.63) is 34.9 Å². The maximum absolute atomic E-state index is 14.4. The van der Waals surface area contributed by atoms with Crippen molar-refractivity contribution in [3.8, 4) is 0 Å². The minimum Gasteiger partial charge on any atom is -0.316 e. The molecule has 0 aromatic heterocycles. The minimum absolute atomic E-state index is 0.219. The van der Waals surface area contributed by atoms with Crippen LogP contribution in [-0.4, -0.2) is 13.1 Å². The molecule has 18 heavy (non-hydrogen) atoms. The second kappa shape index (κ2) is 4.61. The van der Waals surface area contributed by atoms with Crippen molar-refractivity contribution in [3.63, 3.8) is 0 Å². The summed E-state index contributed by atoms with van der Waals surface area (Å²) in [6.45, 7) is 1.15. The second-order valence-electron chi connectivity index (χ2n) is 5.50.